The van der Waals surface area contributed by atoms with Crippen LogP contribution in [0.3, 0.4) is 0 Å². The number of hydrogen-bond donors (Lipinski definition) is 2. The SMILES string of the molecule is COC1CCC(NC(C)CNC(=O)OC(C)(C)C)C1. The van der Waals surface area contributed by atoms with E-state index in [1.54, 1.807) is 7.11 Å². The number of alkyl carbamates (subject to hydrolysis) is 1. The Morgan fingerprint density at radius 3 is 2.58 bits per heavy atom. The van der Waals surface area contributed by atoms with E-state index in [-0.39, 0.29) is 12.1 Å². The van der Waals surface area contributed by atoms with E-state index in [1.807, 2.05) is 20.8 Å². The summed E-state index contributed by atoms with van der Waals surface area (Å²) in [7, 11) is 1.76. The van der Waals surface area contributed by atoms with Crippen molar-refractivity contribution in [1.29, 1.82) is 0 Å². The molecule has 2 N–H and O–H groups in total. The first kappa shape index (κ1) is 16.2. The van der Waals surface area contributed by atoms with Crippen LogP contribution in [0.2, 0.25) is 0 Å². The average Bonchev–Trinajstić information content (AvgIpc) is 2.72. The summed E-state index contributed by atoms with van der Waals surface area (Å²) in [6.45, 7) is 8.22. The fourth-order valence-electron chi connectivity index (χ4n) is 2.32. The van der Waals surface area contributed by atoms with E-state index in [4.69, 9.17) is 9.47 Å². The Labute approximate surface area is 116 Å². The Balaban J connectivity index is 2.18. The van der Waals surface area contributed by atoms with Gasteiger partial charge in [-0.3, -0.25) is 0 Å². The van der Waals surface area contributed by atoms with E-state index >= 15 is 0 Å². The second-order valence-electron chi connectivity index (χ2n) is 6.32. The van der Waals surface area contributed by atoms with Crippen molar-refractivity contribution < 1.29 is 14.3 Å². The van der Waals surface area contributed by atoms with Gasteiger partial charge >= 0.3 is 6.09 Å². The zero-order valence-electron chi connectivity index (χ0n) is 12.8. The lowest BCUT2D eigenvalue weighted by molar-refractivity contribution is 0.0522. The van der Waals surface area contributed by atoms with Crippen LogP contribution in [0.4, 0.5) is 4.79 Å². The molecule has 0 heterocycles. The maximum Gasteiger partial charge on any atom is 0.407 e. The average molecular weight is 272 g/mol. The monoisotopic (exact) mass is 272 g/mol. The highest BCUT2D eigenvalue weighted by Crippen LogP contribution is 2.21. The van der Waals surface area contributed by atoms with Crippen LogP contribution >= 0.6 is 0 Å². The van der Waals surface area contributed by atoms with Crippen molar-refractivity contribution in [2.45, 2.75) is 70.7 Å². The van der Waals surface area contributed by atoms with Crippen LogP contribution in [0, 0.1) is 0 Å². The third-order valence-electron chi connectivity index (χ3n) is 3.19. The number of carbonyl (C=O) groups excluding carboxylic acids is 1. The van der Waals surface area contributed by atoms with E-state index in [9.17, 15) is 4.79 Å². The molecule has 3 unspecified atom stereocenters. The standard InChI is InChI=1S/C14H28N2O3/c1-10(9-15-13(17)19-14(2,3)4)16-11-6-7-12(8-11)18-5/h10-12,16H,6-9H2,1-5H3,(H,15,17). The molecule has 0 spiro atoms. The molecule has 1 aliphatic rings. The maximum absolute atomic E-state index is 11.5. The van der Waals surface area contributed by atoms with E-state index in [2.05, 4.69) is 17.6 Å². The lowest BCUT2D eigenvalue weighted by Gasteiger charge is -2.22. The Bertz CT molecular complexity index is 289. The Kier molecular flexibility index (Phi) is 6.07. The molecule has 1 amide bonds. The number of rotatable bonds is 5. The van der Waals surface area contributed by atoms with Gasteiger partial charge < -0.3 is 20.1 Å². The molecule has 19 heavy (non-hydrogen) atoms. The number of hydrogen-bond acceptors (Lipinski definition) is 4. The van der Waals surface area contributed by atoms with Crippen LogP contribution < -0.4 is 10.6 Å². The maximum atomic E-state index is 11.5. The van der Waals surface area contributed by atoms with Gasteiger partial charge in [-0.05, 0) is 47.0 Å². The van der Waals surface area contributed by atoms with E-state index < -0.39 is 5.60 Å². The summed E-state index contributed by atoms with van der Waals surface area (Å²) in [4.78, 5) is 11.5. The largest absolute Gasteiger partial charge is 0.444 e. The van der Waals surface area contributed by atoms with E-state index in [0.29, 0.717) is 18.7 Å². The molecule has 0 aromatic carbocycles. The van der Waals surface area contributed by atoms with Gasteiger partial charge in [0.1, 0.15) is 5.60 Å². The first-order valence-electron chi connectivity index (χ1n) is 7.06. The lowest BCUT2D eigenvalue weighted by atomic mass is 10.2. The topological polar surface area (TPSA) is 59.6 Å². The summed E-state index contributed by atoms with van der Waals surface area (Å²) in [6.07, 6.45) is 3.31. The summed E-state index contributed by atoms with van der Waals surface area (Å²) < 4.78 is 10.5. The van der Waals surface area contributed by atoms with Crippen molar-refractivity contribution in [2.24, 2.45) is 0 Å². The third kappa shape index (κ3) is 6.78. The summed E-state index contributed by atoms with van der Waals surface area (Å²) in [5.74, 6) is 0. The van der Waals surface area contributed by atoms with Crippen LogP contribution in [0.15, 0.2) is 0 Å². The highest BCUT2D eigenvalue weighted by molar-refractivity contribution is 5.67. The quantitative estimate of drug-likeness (QED) is 0.804. The smallest absolute Gasteiger partial charge is 0.407 e. The first-order chi connectivity index (χ1) is 8.80. The predicted octanol–water partition coefficient (Wildman–Crippen LogP) is 2.06. The van der Waals surface area contributed by atoms with Gasteiger partial charge in [-0.25, -0.2) is 4.79 Å². The molecule has 0 aliphatic heterocycles. The highest BCUT2D eigenvalue weighted by atomic mass is 16.6. The van der Waals surface area contributed by atoms with E-state index in [0.717, 1.165) is 19.3 Å². The molecule has 5 nitrogen and oxygen atoms in total. The van der Waals surface area contributed by atoms with Crippen molar-refractivity contribution in [3.8, 4) is 0 Å². The van der Waals surface area contributed by atoms with Gasteiger partial charge in [0.2, 0.25) is 0 Å². The fourth-order valence-corrected chi connectivity index (χ4v) is 2.32. The minimum Gasteiger partial charge on any atom is -0.444 e. The van der Waals surface area contributed by atoms with Gasteiger partial charge in [0, 0.05) is 25.7 Å². The number of amides is 1. The molecule has 0 aromatic rings. The molecule has 0 aromatic heterocycles. The molecule has 1 rings (SSSR count). The second kappa shape index (κ2) is 7.10. The zero-order valence-corrected chi connectivity index (χ0v) is 12.8. The molecular weight excluding hydrogens is 244 g/mol. The summed E-state index contributed by atoms with van der Waals surface area (Å²) in [5.41, 5.74) is -0.447. The molecule has 0 radical (unpaired) electrons. The molecule has 0 saturated heterocycles. The van der Waals surface area contributed by atoms with Crippen molar-refractivity contribution in [3.05, 3.63) is 0 Å². The van der Waals surface area contributed by atoms with Crippen molar-refractivity contribution in [2.75, 3.05) is 13.7 Å². The molecule has 3 atom stereocenters. The minimum absolute atomic E-state index is 0.230. The van der Waals surface area contributed by atoms with Crippen LogP contribution in [0.5, 0.6) is 0 Å². The van der Waals surface area contributed by atoms with Gasteiger partial charge in [0.05, 0.1) is 6.10 Å². The molecule has 1 saturated carbocycles. The summed E-state index contributed by atoms with van der Waals surface area (Å²) >= 11 is 0. The summed E-state index contributed by atoms with van der Waals surface area (Å²) in [6, 6.07) is 0.716. The Hall–Kier alpha value is -0.810. The van der Waals surface area contributed by atoms with E-state index in [1.165, 1.54) is 0 Å². The lowest BCUT2D eigenvalue weighted by Crippen LogP contribution is -2.44. The fraction of sp³-hybridized carbons (Fsp3) is 0.929. The Morgan fingerprint density at radius 1 is 1.37 bits per heavy atom. The summed E-state index contributed by atoms with van der Waals surface area (Å²) in [5, 5.41) is 6.29. The highest BCUT2D eigenvalue weighted by Gasteiger charge is 2.25. The number of methoxy groups -OCH3 is 1. The van der Waals surface area contributed by atoms with Crippen molar-refractivity contribution >= 4 is 6.09 Å². The molecule has 1 fully saturated rings. The van der Waals surface area contributed by atoms with Gasteiger partial charge in [0.15, 0.2) is 0 Å². The van der Waals surface area contributed by atoms with Gasteiger partial charge in [-0.1, -0.05) is 0 Å². The van der Waals surface area contributed by atoms with Crippen LogP contribution in [-0.4, -0.2) is 43.5 Å². The van der Waals surface area contributed by atoms with Gasteiger partial charge in [-0.15, -0.1) is 0 Å². The molecule has 5 heteroatoms. The molecule has 112 valence electrons. The van der Waals surface area contributed by atoms with Crippen LogP contribution in [-0.2, 0) is 9.47 Å². The van der Waals surface area contributed by atoms with Crippen LogP contribution in [0.1, 0.15) is 47.0 Å². The van der Waals surface area contributed by atoms with Gasteiger partial charge in [-0.2, -0.15) is 0 Å². The Morgan fingerprint density at radius 2 is 2.05 bits per heavy atom. The number of ether oxygens (including phenoxy) is 2. The number of carbonyl (C=O) groups is 1. The zero-order chi connectivity index (χ0) is 14.5. The first-order valence-corrected chi connectivity index (χ1v) is 7.06. The van der Waals surface area contributed by atoms with Crippen molar-refractivity contribution in [3.63, 3.8) is 0 Å². The minimum atomic E-state index is -0.447. The molecular formula is C14H28N2O3. The predicted molar refractivity (Wildman–Crippen MR) is 75.3 cm³/mol. The molecule has 1 aliphatic carbocycles. The second-order valence-corrected chi connectivity index (χ2v) is 6.32. The van der Waals surface area contributed by atoms with Crippen molar-refractivity contribution in [1.82, 2.24) is 10.6 Å². The normalized spacial score (nSPS) is 25.1. The van der Waals surface area contributed by atoms with Gasteiger partial charge in [0.25, 0.3) is 0 Å². The third-order valence-corrected chi connectivity index (χ3v) is 3.19. The van der Waals surface area contributed by atoms with Crippen LogP contribution in [0.25, 0.3) is 0 Å². The number of nitrogens with one attached hydrogen (secondary N) is 2. The molecule has 0 bridgehead atoms.